The number of esters is 1. The van der Waals surface area contributed by atoms with Gasteiger partial charge in [-0.3, -0.25) is 0 Å². The molecule has 0 atom stereocenters. The number of anilines is 1. The van der Waals surface area contributed by atoms with Crippen LogP contribution in [0.25, 0.3) is 0 Å². The third kappa shape index (κ3) is 8.29. The van der Waals surface area contributed by atoms with E-state index in [4.69, 9.17) is 10.5 Å². The summed E-state index contributed by atoms with van der Waals surface area (Å²) in [6.07, 6.45) is 13.7. The maximum Gasteiger partial charge on any atom is 0.338 e. The highest BCUT2D eigenvalue weighted by atomic mass is 16.5. The fourth-order valence-corrected chi connectivity index (χ4v) is 2.21. The molecule has 0 aliphatic carbocycles. The molecule has 0 fully saturated rings. The number of aromatic hydroxyl groups is 1. The van der Waals surface area contributed by atoms with Gasteiger partial charge in [-0.15, -0.1) is 0 Å². The summed E-state index contributed by atoms with van der Waals surface area (Å²) < 4.78 is 5.18. The Balaban J connectivity index is 2.07. The van der Waals surface area contributed by atoms with Crippen LogP contribution in [0.3, 0.4) is 0 Å². The first kappa shape index (κ1) is 19.1. The molecule has 1 aromatic rings. The van der Waals surface area contributed by atoms with Gasteiger partial charge < -0.3 is 15.6 Å². The maximum atomic E-state index is 11.8. The largest absolute Gasteiger partial charge is 0.506 e. The summed E-state index contributed by atoms with van der Waals surface area (Å²) in [4.78, 5) is 11.8. The number of hydrogen-bond acceptors (Lipinski definition) is 4. The van der Waals surface area contributed by atoms with Gasteiger partial charge in [-0.25, -0.2) is 4.79 Å². The highest BCUT2D eigenvalue weighted by molar-refractivity contribution is 5.90. The number of carbonyl (C=O) groups excluding carboxylic acids is 1. The number of unbranched alkanes of at least 4 members (excludes halogenated alkanes) is 6. The van der Waals surface area contributed by atoms with Gasteiger partial charge in [-0.2, -0.15) is 0 Å². The number of benzene rings is 1. The number of nitrogen functional groups attached to an aromatic ring is 1. The standard InChI is InChI=1S/C19H29NO3/c1-2-3-4-5-6-7-8-9-10-11-14-23-19(22)16-12-13-17(20)18(21)15-16/h7-8,12-13,15,21H,2-6,9-11,14,20H2,1H3/b8-7-. The van der Waals surface area contributed by atoms with Gasteiger partial charge >= 0.3 is 5.97 Å². The Bertz CT molecular complexity index is 497. The number of rotatable bonds is 11. The normalized spacial score (nSPS) is 11.0. The van der Waals surface area contributed by atoms with Crippen LogP contribution in [0, 0.1) is 0 Å². The van der Waals surface area contributed by atoms with E-state index in [-0.39, 0.29) is 11.4 Å². The van der Waals surface area contributed by atoms with Gasteiger partial charge in [0.05, 0.1) is 17.9 Å². The van der Waals surface area contributed by atoms with Gasteiger partial charge in [0.1, 0.15) is 5.75 Å². The molecule has 0 aliphatic heterocycles. The summed E-state index contributed by atoms with van der Waals surface area (Å²) >= 11 is 0. The number of allylic oxidation sites excluding steroid dienone is 2. The van der Waals surface area contributed by atoms with E-state index in [1.54, 1.807) is 6.07 Å². The molecule has 4 nitrogen and oxygen atoms in total. The highest BCUT2D eigenvalue weighted by Crippen LogP contribution is 2.21. The predicted molar refractivity (Wildman–Crippen MR) is 94.6 cm³/mol. The molecule has 0 unspecified atom stereocenters. The fraction of sp³-hybridized carbons (Fsp3) is 0.526. The van der Waals surface area contributed by atoms with Gasteiger partial charge in [0, 0.05) is 0 Å². The molecule has 0 radical (unpaired) electrons. The molecule has 4 heteroatoms. The van der Waals surface area contributed by atoms with E-state index < -0.39 is 5.97 Å². The Kier molecular flexibility index (Phi) is 9.60. The topological polar surface area (TPSA) is 72.5 Å². The van der Waals surface area contributed by atoms with Crippen molar-refractivity contribution in [2.75, 3.05) is 12.3 Å². The van der Waals surface area contributed by atoms with Crippen LogP contribution in [0.15, 0.2) is 30.4 Å². The molecule has 1 rings (SSSR count). The third-order valence-corrected chi connectivity index (χ3v) is 3.66. The van der Waals surface area contributed by atoms with Crippen molar-refractivity contribution in [1.82, 2.24) is 0 Å². The monoisotopic (exact) mass is 319 g/mol. The molecule has 0 amide bonds. The van der Waals surface area contributed by atoms with Crippen LogP contribution in [0.4, 0.5) is 5.69 Å². The van der Waals surface area contributed by atoms with Crippen molar-refractivity contribution < 1.29 is 14.6 Å². The quantitative estimate of drug-likeness (QED) is 0.201. The summed E-state index contributed by atoms with van der Waals surface area (Å²) in [6, 6.07) is 4.38. The van der Waals surface area contributed by atoms with Crippen LogP contribution >= 0.6 is 0 Å². The van der Waals surface area contributed by atoms with E-state index in [0.29, 0.717) is 12.2 Å². The molecule has 0 spiro atoms. The molecule has 0 bridgehead atoms. The Hall–Kier alpha value is -1.97. The van der Waals surface area contributed by atoms with Crippen LogP contribution in [0.1, 0.15) is 68.6 Å². The van der Waals surface area contributed by atoms with Crippen LogP contribution in [0.2, 0.25) is 0 Å². The number of nitrogens with two attached hydrogens (primary N) is 1. The van der Waals surface area contributed by atoms with E-state index in [2.05, 4.69) is 19.1 Å². The van der Waals surface area contributed by atoms with Gasteiger partial charge in [0.15, 0.2) is 0 Å². The summed E-state index contributed by atoms with van der Waals surface area (Å²) in [7, 11) is 0. The first-order chi connectivity index (χ1) is 11.1. The highest BCUT2D eigenvalue weighted by Gasteiger charge is 2.08. The molecule has 3 N–H and O–H groups in total. The molecule has 0 aromatic heterocycles. The fourth-order valence-electron chi connectivity index (χ4n) is 2.21. The number of hydrogen-bond donors (Lipinski definition) is 2. The van der Waals surface area contributed by atoms with Gasteiger partial charge in [0.2, 0.25) is 0 Å². The van der Waals surface area contributed by atoms with Crippen molar-refractivity contribution in [2.24, 2.45) is 0 Å². The van der Waals surface area contributed by atoms with Crippen molar-refractivity contribution in [3.05, 3.63) is 35.9 Å². The lowest BCUT2D eigenvalue weighted by Gasteiger charge is -2.05. The van der Waals surface area contributed by atoms with E-state index in [0.717, 1.165) is 25.7 Å². The first-order valence-corrected chi connectivity index (χ1v) is 8.55. The summed E-state index contributed by atoms with van der Waals surface area (Å²) in [5.74, 6) is -0.518. The van der Waals surface area contributed by atoms with Crippen molar-refractivity contribution in [3.63, 3.8) is 0 Å². The van der Waals surface area contributed by atoms with Crippen molar-refractivity contribution >= 4 is 11.7 Å². The molecule has 1 aromatic carbocycles. The van der Waals surface area contributed by atoms with E-state index >= 15 is 0 Å². The second kappa shape index (κ2) is 11.6. The minimum Gasteiger partial charge on any atom is -0.506 e. The third-order valence-electron chi connectivity index (χ3n) is 3.66. The second-order valence-corrected chi connectivity index (χ2v) is 5.73. The van der Waals surface area contributed by atoms with Crippen LogP contribution in [0.5, 0.6) is 5.75 Å². The van der Waals surface area contributed by atoms with Gasteiger partial charge in [-0.05, 0) is 50.3 Å². The average Bonchev–Trinajstić information content (AvgIpc) is 2.55. The number of ether oxygens (including phenoxy) is 1. The molecule has 0 saturated carbocycles. The summed E-state index contributed by atoms with van der Waals surface area (Å²) in [6.45, 7) is 2.62. The summed E-state index contributed by atoms with van der Waals surface area (Å²) in [5.41, 5.74) is 6.07. The molecular formula is C19H29NO3. The van der Waals surface area contributed by atoms with E-state index in [1.807, 2.05) is 0 Å². The SMILES string of the molecule is CCCCCC/C=C\CCCCOC(=O)c1ccc(N)c(O)c1. The zero-order valence-corrected chi connectivity index (χ0v) is 14.1. The second-order valence-electron chi connectivity index (χ2n) is 5.73. The molecule has 128 valence electrons. The average molecular weight is 319 g/mol. The number of phenolic OH excluding ortho intramolecular Hbond substituents is 1. The Morgan fingerprint density at radius 2 is 1.83 bits per heavy atom. The Morgan fingerprint density at radius 3 is 2.48 bits per heavy atom. The minimum atomic E-state index is -0.424. The van der Waals surface area contributed by atoms with E-state index in [9.17, 15) is 9.90 Å². The molecule has 0 saturated heterocycles. The van der Waals surface area contributed by atoms with Gasteiger partial charge in [-0.1, -0.05) is 38.3 Å². The lowest BCUT2D eigenvalue weighted by molar-refractivity contribution is 0.0498. The molecule has 0 aliphatic rings. The number of phenols is 1. The smallest absolute Gasteiger partial charge is 0.338 e. The van der Waals surface area contributed by atoms with Crippen LogP contribution < -0.4 is 5.73 Å². The lowest BCUT2D eigenvalue weighted by atomic mass is 10.1. The lowest BCUT2D eigenvalue weighted by Crippen LogP contribution is -2.06. The summed E-state index contributed by atoms with van der Waals surface area (Å²) in [5, 5.41) is 9.47. The molecule has 23 heavy (non-hydrogen) atoms. The molecule has 0 heterocycles. The van der Waals surface area contributed by atoms with Crippen molar-refractivity contribution in [1.29, 1.82) is 0 Å². The Labute approximate surface area is 139 Å². The number of carbonyl (C=O) groups is 1. The zero-order valence-electron chi connectivity index (χ0n) is 14.1. The van der Waals surface area contributed by atoms with Crippen molar-refractivity contribution in [2.45, 2.75) is 58.3 Å². The van der Waals surface area contributed by atoms with Crippen molar-refractivity contribution in [3.8, 4) is 5.75 Å². The predicted octanol–water partition coefficient (Wildman–Crippen LogP) is 4.83. The van der Waals surface area contributed by atoms with Crippen LogP contribution in [-0.2, 0) is 4.74 Å². The Morgan fingerprint density at radius 1 is 1.13 bits per heavy atom. The first-order valence-electron chi connectivity index (χ1n) is 8.55. The molecular weight excluding hydrogens is 290 g/mol. The van der Waals surface area contributed by atoms with Crippen LogP contribution in [-0.4, -0.2) is 17.7 Å². The maximum absolute atomic E-state index is 11.8. The minimum absolute atomic E-state index is 0.0940. The van der Waals surface area contributed by atoms with E-state index in [1.165, 1.54) is 37.8 Å². The zero-order chi connectivity index (χ0) is 16.9. The van der Waals surface area contributed by atoms with Gasteiger partial charge in [0.25, 0.3) is 0 Å².